The van der Waals surface area contributed by atoms with E-state index in [-0.39, 0.29) is 17.4 Å². The summed E-state index contributed by atoms with van der Waals surface area (Å²) in [6, 6.07) is 15.1. The summed E-state index contributed by atoms with van der Waals surface area (Å²) in [6.45, 7) is 0. The maximum atomic E-state index is 13.1. The molecule has 5 nitrogen and oxygen atoms in total. The van der Waals surface area contributed by atoms with Crippen LogP contribution in [-0.4, -0.2) is 22.1 Å². The Hall–Kier alpha value is -3.08. The van der Waals surface area contributed by atoms with E-state index in [2.05, 4.69) is 0 Å². The molecule has 0 atom stereocenters. The topological polar surface area (TPSA) is 52.2 Å². The maximum Gasteiger partial charge on any atom is 0.340 e. The lowest BCUT2D eigenvalue weighted by molar-refractivity contribution is 0.0600. The molecule has 4 aromatic rings. The third kappa shape index (κ3) is 1.83. The first-order valence-electron chi connectivity index (χ1n) is 8.37. The highest BCUT2D eigenvalue weighted by atomic mass is 16.5. The Morgan fingerprint density at radius 3 is 2.20 bits per heavy atom. The number of hydrogen-bond donors (Lipinski definition) is 0. The van der Waals surface area contributed by atoms with Gasteiger partial charge in [0.2, 0.25) is 0 Å². The summed E-state index contributed by atoms with van der Waals surface area (Å²) in [5.74, 6) is -0.0882. The smallest absolute Gasteiger partial charge is 0.340 e. The minimum atomic E-state index is -0.356. The van der Waals surface area contributed by atoms with Gasteiger partial charge in [-0.05, 0) is 31.0 Å². The Labute approximate surface area is 143 Å². The number of benzene rings is 2. The molecule has 124 valence electrons. The fourth-order valence-corrected chi connectivity index (χ4v) is 3.77. The summed E-state index contributed by atoms with van der Waals surface area (Å²) < 4.78 is 8.71. The average molecular weight is 332 g/mol. The molecule has 0 N–H and O–H groups in total. The van der Waals surface area contributed by atoms with Gasteiger partial charge in [0.25, 0.3) is 5.56 Å². The summed E-state index contributed by atoms with van der Waals surface area (Å²) in [5, 5.41) is 1.41. The molecular formula is C20H16N2O3. The highest BCUT2D eigenvalue weighted by molar-refractivity contribution is 6.05. The first-order valence-corrected chi connectivity index (χ1v) is 8.37. The third-order valence-electron chi connectivity index (χ3n) is 4.99. The van der Waals surface area contributed by atoms with Crippen LogP contribution in [0.5, 0.6) is 0 Å². The molecule has 5 heteroatoms. The number of esters is 1. The molecule has 1 aliphatic carbocycles. The van der Waals surface area contributed by atoms with E-state index in [0.29, 0.717) is 16.5 Å². The van der Waals surface area contributed by atoms with Crippen molar-refractivity contribution in [1.29, 1.82) is 0 Å². The predicted molar refractivity (Wildman–Crippen MR) is 95.4 cm³/mol. The maximum absolute atomic E-state index is 13.1. The highest BCUT2D eigenvalue weighted by Crippen LogP contribution is 2.43. The van der Waals surface area contributed by atoms with Crippen LogP contribution in [0.15, 0.2) is 53.3 Å². The van der Waals surface area contributed by atoms with Crippen LogP contribution in [0.3, 0.4) is 0 Å². The van der Waals surface area contributed by atoms with E-state index in [1.54, 1.807) is 4.52 Å². The van der Waals surface area contributed by atoms with Gasteiger partial charge >= 0.3 is 5.97 Å². The molecule has 0 spiro atoms. The second kappa shape index (κ2) is 4.96. The molecule has 0 bridgehead atoms. The van der Waals surface area contributed by atoms with Gasteiger partial charge in [0.1, 0.15) is 0 Å². The lowest BCUT2D eigenvalue weighted by Gasteiger charge is -2.16. The van der Waals surface area contributed by atoms with Gasteiger partial charge in [-0.1, -0.05) is 30.3 Å². The van der Waals surface area contributed by atoms with Crippen LogP contribution < -0.4 is 5.56 Å². The minimum absolute atomic E-state index is 0.0647. The second-order valence-electron chi connectivity index (χ2n) is 6.49. The van der Waals surface area contributed by atoms with E-state index in [9.17, 15) is 9.59 Å². The molecule has 25 heavy (non-hydrogen) atoms. The lowest BCUT2D eigenvalue weighted by Crippen LogP contribution is -2.19. The largest absolute Gasteiger partial charge is 0.465 e. The Morgan fingerprint density at radius 1 is 0.960 bits per heavy atom. The zero-order valence-electron chi connectivity index (χ0n) is 13.7. The molecule has 1 saturated carbocycles. The molecule has 2 aromatic heterocycles. The van der Waals surface area contributed by atoms with Crippen LogP contribution in [0.25, 0.3) is 21.8 Å². The van der Waals surface area contributed by atoms with Crippen molar-refractivity contribution >= 4 is 27.8 Å². The Kier molecular flexibility index (Phi) is 2.83. The van der Waals surface area contributed by atoms with E-state index >= 15 is 0 Å². The molecule has 0 amide bonds. The van der Waals surface area contributed by atoms with Crippen molar-refractivity contribution in [2.75, 3.05) is 7.11 Å². The number of para-hydroxylation sites is 2. The molecule has 2 aromatic carbocycles. The van der Waals surface area contributed by atoms with Crippen LogP contribution >= 0.6 is 0 Å². The Balaban J connectivity index is 2.15. The molecular weight excluding hydrogens is 316 g/mol. The zero-order chi connectivity index (χ0) is 17.1. The normalized spacial score (nSPS) is 14.4. The fraction of sp³-hybridized carbons (Fsp3) is 0.200. The zero-order valence-corrected chi connectivity index (χ0v) is 13.7. The van der Waals surface area contributed by atoms with E-state index < -0.39 is 0 Å². The summed E-state index contributed by atoms with van der Waals surface area (Å²) in [4.78, 5) is 25.7. The number of hydrogen-bond acceptors (Lipinski definition) is 3. The van der Waals surface area contributed by atoms with Crippen molar-refractivity contribution in [1.82, 2.24) is 9.03 Å². The average Bonchev–Trinajstić information content (AvgIpc) is 3.45. The van der Waals surface area contributed by atoms with Gasteiger partial charge in [0.05, 0.1) is 34.8 Å². The summed E-state index contributed by atoms with van der Waals surface area (Å²) in [5.41, 5.74) is 2.93. The van der Waals surface area contributed by atoms with Crippen LogP contribution in [0.2, 0.25) is 0 Å². The van der Waals surface area contributed by atoms with E-state index in [0.717, 1.165) is 29.4 Å². The van der Waals surface area contributed by atoms with Crippen LogP contribution in [-0.2, 0) is 4.74 Å². The first-order chi connectivity index (χ1) is 12.2. The standard InChI is InChI=1S/C20H16N2O3/c1-25-20(24)17-13-6-2-4-8-15(13)22-19(23)14-7-3-5-9-16(14)21(22)18(17)12-10-11-12/h2-9,12H,10-11H2,1H3. The monoisotopic (exact) mass is 332 g/mol. The van der Waals surface area contributed by atoms with Crippen molar-refractivity contribution in [3.8, 4) is 0 Å². The quantitative estimate of drug-likeness (QED) is 0.529. The molecule has 1 fully saturated rings. The van der Waals surface area contributed by atoms with Crippen molar-refractivity contribution in [3.63, 3.8) is 0 Å². The number of fused-ring (bicyclic) bond motifs is 5. The number of aromatic nitrogens is 2. The predicted octanol–water partition coefficient (Wildman–Crippen LogP) is 3.37. The van der Waals surface area contributed by atoms with Gasteiger partial charge in [-0.15, -0.1) is 0 Å². The number of ether oxygens (including phenoxy) is 1. The molecule has 0 saturated heterocycles. The molecule has 2 heterocycles. The van der Waals surface area contributed by atoms with Gasteiger partial charge in [0, 0.05) is 11.3 Å². The molecule has 0 unspecified atom stereocenters. The van der Waals surface area contributed by atoms with Crippen LogP contribution in [0.4, 0.5) is 0 Å². The summed E-state index contributed by atoms with van der Waals surface area (Å²) in [6.07, 6.45) is 2.03. The van der Waals surface area contributed by atoms with Crippen molar-refractivity contribution in [2.24, 2.45) is 0 Å². The van der Waals surface area contributed by atoms with Gasteiger partial charge in [-0.3, -0.25) is 4.79 Å². The summed E-state index contributed by atoms with van der Waals surface area (Å²) in [7, 11) is 1.40. The van der Waals surface area contributed by atoms with Crippen LogP contribution in [0.1, 0.15) is 34.8 Å². The molecule has 0 aliphatic heterocycles. The fourth-order valence-electron chi connectivity index (χ4n) is 3.77. The molecule has 5 rings (SSSR count). The third-order valence-corrected chi connectivity index (χ3v) is 4.99. The number of carbonyl (C=O) groups is 1. The van der Waals surface area contributed by atoms with E-state index in [4.69, 9.17) is 4.74 Å². The Bertz CT molecular complexity index is 1230. The van der Waals surface area contributed by atoms with E-state index in [1.165, 1.54) is 7.11 Å². The van der Waals surface area contributed by atoms with Crippen molar-refractivity contribution in [3.05, 3.63) is 70.1 Å². The molecule has 0 radical (unpaired) electrons. The van der Waals surface area contributed by atoms with Gasteiger partial charge in [0.15, 0.2) is 0 Å². The van der Waals surface area contributed by atoms with Gasteiger partial charge in [-0.25, -0.2) is 13.8 Å². The highest BCUT2D eigenvalue weighted by Gasteiger charge is 2.34. The minimum Gasteiger partial charge on any atom is -0.465 e. The van der Waals surface area contributed by atoms with Crippen molar-refractivity contribution in [2.45, 2.75) is 18.8 Å². The molecule has 1 aliphatic rings. The number of carbonyl (C=O) groups excluding carboxylic acids is 1. The SMILES string of the molecule is COC(=O)c1c(C2CC2)n2c3ccccc3c(=O)n2c2ccccc12. The first kappa shape index (κ1) is 14.3. The van der Waals surface area contributed by atoms with Crippen LogP contribution in [0, 0.1) is 0 Å². The van der Waals surface area contributed by atoms with Gasteiger partial charge < -0.3 is 4.74 Å². The second-order valence-corrected chi connectivity index (χ2v) is 6.49. The Morgan fingerprint density at radius 2 is 1.56 bits per heavy atom. The van der Waals surface area contributed by atoms with Gasteiger partial charge in [-0.2, -0.15) is 0 Å². The number of methoxy groups -OCH3 is 1. The van der Waals surface area contributed by atoms with E-state index in [1.807, 2.05) is 53.0 Å². The number of nitrogens with zero attached hydrogens (tertiary/aromatic N) is 2. The van der Waals surface area contributed by atoms with Crippen molar-refractivity contribution < 1.29 is 9.53 Å². The summed E-state index contributed by atoms with van der Waals surface area (Å²) >= 11 is 0. The lowest BCUT2D eigenvalue weighted by atomic mass is 10.0. The number of rotatable bonds is 2.